The fraction of sp³-hybridized carbons (Fsp3) is 0.342. The zero-order valence-electron chi connectivity index (χ0n) is 28.8. The molecule has 1 saturated heterocycles. The lowest BCUT2D eigenvalue weighted by Crippen LogP contribution is -2.43. The van der Waals surface area contributed by atoms with Crippen molar-refractivity contribution in [1.82, 2.24) is 14.7 Å². The van der Waals surface area contributed by atoms with Crippen molar-refractivity contribution in [1.29, 1.82) is 0 Å². The van der Waals surface area contributed by atoms with Gasteiger partial charge in [0.05, 0.1) is 39.9 Å². The Kier molecular flexibility index (Phi) is 14.2. The van der Waals surface area contributed by atoms with Crippen molar-refractivity contribution in [3.63, 3.8) is 0 Å². The van der Waals surface area contributed by atoms with Crippen molar-refractivity contribution < 1.29 is 49.4 Å². The summed E-state index contributed by atoms with van der Waals surface area (Å²) in [5, 5.41) is 50.6. The Hall–Kier alpha value is -4.79. The van der Waals surface area contributed by atoms with E-state index >= 15 is 0 Å². The van der Waals surface area contributed by atoms with Crippen LogP contribution >= 0.6 is 23.2 Å². The summed E-state index contributed by atoms with van der Waals surface area (Å²) in [7, 11) is 0. The number of likely N-dealkylation sites (tertiary alicyclic amines) is 1. The molecule has 1 aliphatic rings. The predicted molar refractivity (Wildman–Crippen MR) is 195 cm³/mol. The highest BCUT2D eigenvalue weighted by Crippen LogP contribution is 2.40. The molecule has 0 unspecified atom stereocenters. The van der Waals surface area contributed by atoms with Crippen molar-refractivity contribution in [2.24, 2.45) is 0 Å². The summed E-state index contributed by atoms with van der Waals surface area (Å²) in [6, 6.07) is 27.2. The van der Waals surface area contributed by atoms with Gasteiger partial charge in [-0.15, -0.1) is 0 Å². The number of aliphatic hydroxyl groups is 2. The van der Waals surface area contributed by atoms with Gasteiger partial charge < -0.3 is 35.2 Å². The van der Waals surface area contributed by atoms with Gasteiger partial charge in [0.1, 0.15) is 0 Å². The molecule has 0 bridgehead atoms. The molecule has 0 amide bonds. The number of nitrogens with zero attached hydrogens (tertiary/aromatic N) is 3. The van der Waals surface area contributed by atoms with Gasteiger partial charge in [0.2, 0.25) is 0 Å². The van der Waals surface area contributed by atoms with Crippen LogP contribution in [-0.4, -0.2) is 89.3 Å². The van der Waals surface area contributed by atoms with E-state index in [1.807, 2.05) is 83.5 Å². The molecule has 1 aromatic heterocycles. The van der Waals surface area contributed by atoms with E-state index < -0.39 is 48.1 Å². The molecular formula is C38H41Cl2N3O10. The second-order valence-electron chi connectivity index (χ2n) is 12.8. The molecule has 13 nitrogen and oxygen atoms in total. The number of ether oxygens (including phenoxy) is 1. The fourth-order valence-electron chi connectivity index (χ4n) is 6.30. The molecule has 0 saturated carbocycles. The number of halogens is 2. The number of carboxylic acids is 3. The van der Waals surface area contributed by atoms with Crippen LogP contribution in [-0.2, 0) is 29.5 Å². The number of aromatic nitrogens is 2. The van der Waals surface area contributed by atoms with Crippen LogP contribution in [0.4, 0.5) is 0 Å². The first kappa shape index (κ1) is 41.0. The van der Waals surface area contributed by atoms with E-state index in [0.717, 1.165) is 42.1 Å². The number of rotatable bonds is 14. The number of carbonyl (C=O) groups is 4. The topological polar surface area (TPSA) is 200 Å². The van der Waals surface area contributed by atoms with Gasteiger partial charge in [-0.1, -0.05) is 77.8 Å². The Morgan fingerprint density at radius 1 is 0.868 bits per heavy atom. The maximum absolute atomic E-state index is 12.4. The number of para-hydroxylation sites is 1. The standard InChI is InChI=1S/C32H33Cl2N3O3.C6H8O7/c1-23(38)40-31(30-14-18-35-37(30)26-10-6-3-7-11-26)27(24-12-13-28(33)29(34)22-24)15-19-36-20-16-32(39,17-21-36)25-8-4-2-5-9-25;7-3(8)1-6(13,5(11)12)2-4(9)10/h2-14,18,22,27,31,39H,15-17,19-21H2,1H3;13H,1-2H2,(H,7,8)(H,9,10)(H,11,12)/t27-,31-;/m0./s1. The number of carbonyl (C=O) groups excluding carboxylic acids is 1. The summed E-state index contributed by atoms with van der Waals surface area (Å²) < 4.78 is 7.86. The third-order valence-corrected chi connectivity index (χ3v) is 9.77. The smallest absolute Gasteiger partial charge is 0.336 e. The Morgan fingerprint density at radius 3 is 1.98 bits per heavy atom. The molecule has 4 aromatic rings. The maximum atomic E-state index is 12.4. The van der Waals surface area contributed by atoms with Crippen LogP contribution in [0.25, 0.3) is 5.69 Å². The van der Waals surface area contributed by atoms with E-state index in [1.165, 1.54) is 6.92 Å². The summed E-state index contributed by atoms with van der Waals surface area (Å²) in [5.41, 5.74) is -0.00825. The third kappa shape index (κ3) is 11.1. The van der Waals surface area contributed by atoms with E-state index in [9.17, 15) is 24.3 Å². The molecule has 1 aliphatic heterocycles. The Balaban J connectivity index is 0.000000413. The van der Waals surface area contributed by atoms with Gasteiger partial charge in [-0.25, -0.2) is 9.48 Å². The highest BCUT2D eigenvalue weighted by molar-refractivity contribution is 6.42. The van der Waals surface area contributed by atoms with Crippen LogP contribution in [0.3, 0.4) is 0 Å². The summed E-state index contributed by atoms with van der Waals surface area (Å²) in [6.45, 7) is 3.71. The molecule has 5 N–H and O–H groups in total. The lowest BCUT2D eigenvalue weighted by atomic mass is 9.84. The van der Waals surface area contributed by atoms with E-state index in [0.29, 0.717) is 29.3 Å². The van der Waals surface area contributed by atoms with Gasteiger partial charge in [-0.3, -0.25) is 14.4 Å². The number of piperidine rings is 1. The Labute approximate surface area is 316 Å². The average molecular weight is 771 g/mol. The fourth-order valence-corrected chi connectivity index (χ4v) is 6.60. The first-order valence-electron chi connectivity index (χ1n) is 16.7. The van der Waals surface area contributed by atoms with Crippen LogP contribution in [0.1, 0.15) is 67.9 Å². The zero-order valence-corrected chi connectivity index (χ0v) is 30.4. The first-order valence-corrected chi connectivity index (χ1v) is 17.5. The number of hydrogen-bond donors (Lipinski definition) is 5. The minimum atomic E-state index is -2.74. The molecule has 15 heteroatoms. The Bertz CT molecular complexity index is 1850. The minimum Gasteiger partial charge on any atom is -0.481 e. The van der Waals surface area contributed by atoms with E-state index in [4.69, 9.17) is 48.4 Å². The van der Waals surface area contributed by atoms with E-state index in [-0.39, 0.29) is 11.9 Å². The van der Waals surface area contributed by atoms with Crippen molar-refractivity contribution >= 4 is 47.1 Å². The number of esters is 1. The van der Waals surface area contributed by atoms with Gasteiger partial charge in [-0.05, 0) is 67.3 Å². The molecular weight excluding hydrogens is 729 g/mol. The summed E-state index contributed by atoms with van der Waals surface area (Å²) >= 11 is 12.7. The van der Waals surface area contributed by atoms with Crippen molar-refractivity contribution in [2.75, 3.05) is 19.6 Å². The number of benzene rings is 3. The molecule has 282 valence electrons. The number of carboxylic acid groups (broad SMARTS) is 3. The third-order valence-electron chi connectivity index (χ3n) is 9.03. The predicted octanol–water partition coefficient (Wildman–Crippen LogP) is 5.69. The molecule has 1 fully saturated rings. The SMILES string of the molecule is CC(=O)O[C@H](c1ccnn1-c1ccccc1)[C@@H](CCN1CCC(O)(c2ccccc2)CC1)c1ccc(Cl)c(Cl)c1.O=C(O)CC(O)(CC(=O)O)C(=O)O. The van der Waals surface area contributed by atoms with Gasteiger partial charge >= 0.3 is 23.9 Å². The minimum absolute atomic E-state index is 0.215. The second kappa shape index (κ2) is 18.3. The van der Waals surface area contributed by atoms with Gasteiger partial charge in [0.15, 0.2) is 11.7 Å². The molecule has 5 rings (SSSR count). The van der Waals surface area contributed by atoms with Gasteiger partial charge in [0, 0.05) is 32.1 Å². The monoisotopic (exact) mass is 769 g/mol. The van der Waals surface area contributed by atoms with Crippen molar-refractivity contribution in [3.05, 3.63) is 118 Å². The molecule has 53 heavy (non-hydrogen) atoms. The second-order valence-corrected chi connectivity index (χ2v) is 13.6. The highest BCUT2D eigenvalue weighted by atomic mass is 35.5. The van der Waals surface area contributed by atoms with Crippen LogP contribution in [0.2, 0.25) is 10.0 Å². The molecule has 0 aliphatic carbocycles. The van der Waals surface area contributed by atoms with E-state index in [1.54, 1.807) is 12.3 Å². The molecule has 2 atom stereocenters. The maximum Gasteiger partial charge on any atom is 0.336 e. The average Bonchev–Trinajstić information content (AvgIpc) is 3.60. The number of hydrogen-bond acceptors (Lipinski definition) is 9. The lowest BCUT2D eigenvalue weighted by molar-refractivity contribution is -0.170. The zero-order chi connectivity index (χ0) is 38.8. The quantitative estimate of drug-likeness (QED) is 0.0983. The van der Waals surface area contributed by atoms with Crippen LogP contribution in [0.15, 0.2) is 91.1 Å². The van der Waals surface area contributed by atoms with Gasteiger partial charge in [-0.2, -0.15) is 5.10 Å². The van der Waals surface area contributed by atoms with Crippen LogP contribution in [0, 0.1) is 0 Å². The summed E-state index contributed by atoms with van der Waals surface area (Å²) in [4.78, 5) is 45.3. The van der Waals surface area contributed by atoms with E-state index in [2.05, 4.69) is 10.00 Å². The Morgan fingerprint density at radius 2 is 1.45 bits per heavy atom. The highest BCUT2D eigenvalue weighted by Gasteiger charge is 2.41. The normalized spacial score (nSPS) is 15.3. The van der Waals surface area contributed by atoms with Crippen molar-refractivity contribution in [2.45, 2.75) is 62.3 Å². The molecule has 0 radical (unpaired) electrons. The van der Waals surface area contributed by atoms with Crippen molar-refractivity contribution in [3.8, 4) is 5.69 Å². The number of aliphatic carboxylic acids is 3. The largest absolute Gasteiger partial charge is 0.481 e. The molecule has 0 spiro atoms. The summed E-state index contributed by atoms with van der Waals surface area (Å²) in [6.07, 6.45) is 0.831. The van der Waals surface area contributed by atoms with Crippen LogP contribution in [0.5, 0.6) is 0 Å². The van der Waals surface area contributed by atoms with Gasteiger partial charge in [0.25, 0.3) is 0 Å². The lowest BCUT2D eigenvalue weighted by Gasteiger charge is -2.39. The first-order chi connectivity index (χ1) is 25.1. The molecule has 2 heterocycles. The van der Waals surface area contributed by atoms with Crippen LogP contribution < -0.4 is 0 Å². The molecule has 3 aromatic carbocycles. The summed E-state index contributed by atoms with van der Waals surface area (Å²) in [5.74, 6) is -5.61.